The molecule has 1 aliphatic rings. The fraction of sp³-hybridized carbons (Fsp3) is 0.800. The molecule has 3 N–H and O–H groups in total. The predicted molar refractivity (Wildman–Crippen MR) is 57.4 cm³/mol. The van der Waals surface area contributed by atoms with Gasteiger partial charge in [0.15, 0.2) is 0 Å². The molecule has 9 heteroatoms. The van der Waals surface area contributed by atoms with Gasteiger partial charge in [-0.15, -0.1) is 0 Å². The summed E-state index contributed by atoms with van der Waals surface area (Å²) in [7, 11) is 0. The summed E-state index contributed by atoms with van der Waals surface area (Å²) >= 11 is 0. The van der Waals surface area contributed by atoms with Gasteiger partial charge in [0.05, 0.1) is 0 Å². The summed E-state index contributed by atoms with van der Waals surface area (Å²) in [5.41, 5.74) is 0. The van der Waals surface area contributed by atoms with Crippen LogP contribution in [0.4, 0.5) is 18.0 Å². The Labute approximate surface area is 107 Å². The second-order valence-corrected chi connectivity index (χ2v) is 4.33. The monoisotopic (exact) mass is 284 g/mol. The SMILES string of the molecule is O=C(O)[C@H](CCO)NC(=O)N(CC(F)(F)F)C1CC1. The first kappa shape index (κ1) is 15.5. The van der Waals surface area contributed by atoms with Crippen molar-refractivity contribution in [3.8, 4) is 0 Å². The molecule has 2 amide bonds. The standard InChI is InChI=1S/C10H15F3N2O4/c11-10(12,13)5-15(6-1-2-6)9(19)14-7(3-4-16)8(17)18/h6-7,16H,1-5H2,(H,14,19)(H,17,18)/t7-/m0/s1. The third kappa shape index (κ3) is 5.33. The Morgan fingerprint density at radius 1 is 1.37 bits per heavy atom. The third-order valence-corrected chi connectivity index (χ3v) is 2.61. The van der Waals surface area contributed by atoms with Crippen LogP contribution < -0.4 is 5.32 Å². The Morgan fingerprint density at radius 3 is 2.32 bits per heavy atom. The van der Waals surface area contributed by atoms with Gasteiger partial charge >= 0.3 is 18.2 Å². The molecule has 0 spiro atoms. The molecule has 0 aromatic rings. The first-order valence-electron chi connectivity index (χ1n) is 5.72. The number of alkyl halides is 3. The number of carboxylic acid groups (broad SMARTS) is 1. The predicted octanol–water partition coefficient (Wildman–Crippen LogP) is 0.558. The van der Waals surface area contributed by atoms with Crippen molar-refractivity contribution in [1.82, 2.24) is 10.2 Å². The second-order valence-electron chi connectivity index (χ2n) is 4.33. The molecular formula is C10H15F3N2O4. The molecule has 1 fully saturated rings. The van der Waals surface area contributed by atoms with Crippen molar-refractivity contribution < 1.29 is 33.0 Å². The summed E-state index contributed by atoms with van der Waals surface area (Å²) in [4.78, 5) is 23.0. The van der Waals surface area contributed by atoms with E-state index in [1.54, 1.807) is 0 Å². The minimum Gasteiger partial charge on any atom is -0.480 e. The third-order valence-electron chi connectivity index (χ3n) is 2.61. The smallest absolute Gasteiger partial charge is 0.406 e. The summed E-state index contributed by atoms with van der Waals surface area (Å²) in [6, 6.07) is -2.96. The molecule has 110 valence electrons. The van der Waals surface area contributed by atoms with Crippen molar-refractivity contribution in [1.29, 1.82) is 0 Å². The van der Waals surface area contributed by atoms with Gasteiger partial charge in [-0.3, -0.25) is 0 Å². The molecule has 1 aliphatic carbocycles. The number of urea groups is 1. The van der Waals surface area contributed by atoms with Crippen molar-refractivity contribution in [2.45, 2.75) is 37.5 Å². The average molecular weight is 284 g/mol. The minimum atomic E-state index is -4.53. The van der Waals surface area contributed by atoms with E-state index < -0.39 is 43.4 Å². The van der Waals surface area contributed by atoms with Gasteiger partial charge in [0.1, 0.15) is 12.6 Å². The Hall–Kier alpha value is -1.51. The summed E-state index contributed by atoms with van der Waals surface area (Å²) in [6.45, 7) is -1.89. The maximum absolute atomic E-state index is 12.3. The number of aliphatic hydroxyl groups is 1. The number of hydrogen-bond acceptors (Lipinski definition) is 3. The number of hydrogen-bond donors (Lipinski definition) is 3. The van der Waals surface area contributed by atoms with Crippen LogP contribution in [0.1, 0.15) is 19.3 Å². The lowest BCUT2D eigenvalue weighted by molar-refractivity contribution is -0.141. The summed E-state index contributed by atoms with van der Waals surface area (Å²) in [5, 5.41) is 19.4. The molecule has 0 aromatic heterocycles. The quantitative estimate of drug-likeness (QED) is 0.664. The van der Waals surface area contributed by atoms with Gasteiger partial charge < -0.3 is 20.4 Å². The molecule has 0 heterocycles. The van der Waals surface area contributed by atoms with Gasteiger partial charge in [0.25, 0.3) is 0 Å². The van der Waals surface area contributed by atoms with Crippen LogP contribution in [-0.2, 0) is 4.79 Å². The molecule has 19 heavy (non-hydrogen) atoms. The zero-order valence-electron chi connectivity index (χ0n) is 9.98. The van der Waals surface area contributed by atoms with Gasteiger partial charge in [-0.05, 0) is 12.8 Å². The van der Waals surface area contributed by atoms with E-state index in [0.717, 1.165) is 0 Å². The maximum Gasteiger partial charge on any atom is 0.406 e. The normalized spacial score (nSPS) is 16.8. The lowest BCUT2D eigenvalue weighted by atomic mass is 10.2. The van der Waals surface area contributed by atoms with Crippen molar-refractivity contribution >= 4 is 12.0 Å². The Morgan fingerprint density at radius 2 is 1.95 bits per heavy atom. The number of carbonyl (C=O) groups is 2. The van der Waals surface area contributed by atoms with Gasteiger partial charge in [-0.25, -0.2) is 9.59 Å². The number of aliphatic hydroxyl groups excluding tert-OH is 1. The van der Waals surface area contributed by atoms with Crippen LogP contribution in [0, 0.1) is 0 Å². The highest BCUT2D eigenvalue weighted by Gasteiger charge is 2.41. The van der Waals surface area contributed by atoms with Crippen molar-refractivity contribution in [3.05, 3.63) is 0 Å². The van der Waals surface area contributed by atoms with E-state index in [2.05, 4.69) is 0 Å². The molecule has 0 aromatic carbocycles. The lowest BCUT2D eigenvalue weighted by Gasteiger charge is -2.25. The summed E-state index contributed by atoms with van der Waals surface area (Å²) in [5.74, 6) is -1.40. The molecule has 1 rings (SSSR count). The largest absolute Gasteiger partial charge is 0.480 e. The molecular weight excluding hydrogens is 269 g/mol. The minimum absolute atomic E-state index is 0.258. The van der Waals surface area contributed by atoms with E-state index in [9.17, 15) is 22.8 Å². The fourth-order valence-corrected chi connectivity index (χ4v) is 1.56. The van der Waals surface area contributed by atoms with E-state index in [0.29, 0.717) is 17.7 Å². The molecule has 0 aliphatic heterocycles. The van der Waals surface area contributed by atoms with Crippen LogP contribution in [0.25, 0.3) is 0 Å². The van der Waals surface area contributed by atoms with Crippen LogP contribution in [0.15, 0.2) is 0 Å². The van der Waals surface area contributed by atoms with Gasteiger partial charge in [0.2, 0.25) is 0 Å². The van der Waals surface area contributed by atoms with E-state index in [1.165, 1.54) is 0 Å². The zero-order chi connectivity index (χ0) is 14.6. The summed E-state index contributed by atoms with van der Waals surface area (Å²) < 4.78 is 37.0. The number of rotatable bonds is 6. The summed E-state index contributed by atoms with van der Waals surface area (Å²) in [6.07, 6.45) is -3.84. The van der Waals surface area contributed by atoms with Crippen LogP contribution in [-0.4, -0.2) is 58.5 Å². The number of carboxylic acids is 1. The van der Waals surface area contributed by atoms with Crippen LogP contribution >= 0.6 is 0 Å². The Balaban J connectivity index is 2.63. The number of aliphatic carboxylic acids is 1. The number of nitrogens with zero attached hydrogens (tertiary/aromatic N) is 1. The molecule has 0 radical (unpaired) electrons. The van der Waals surface area contributed by atoms with E-state index in [1.807, 2.05) is 5.32 Å². The highest BCUT2D eigenvalue weighted by Crippen LogP contribution is 2.30. The highest BCUT2D eigenvalue weighted by molar-refractivity contribution is 5.82. The number of halogens is 3. The number of amides is 2. The van der Waals surface area contributed by atoms with E-state index >= 15 is 0 Å². The highest BCUT2D eigenvalue weighted by atomic mass is 19.4. The van der Waals surface area contributed by atoms with Gasteiger partial charge in [-0.1, -0.05) is 0 Å². The van der Waals surface area contributed by atoms with Gasteiger partial charge in [0, 0.05) is 19.1 Å². The molecule has 1 saturated carbocycles. The molecule has 0 unspecified atom stereocenters. The topological polar surface area (TPSA) is 89.9 Å². The van der Waals surface area contributed by atoms with E-state index in [-0.39, 0.29) is 6.42 Å². The van der Waals surface area contributed by atoms with Crippen LogP contribution in [0.5, 0.6) is 0 Å². The first-order chi connectivity index (χ1) is 8.74. The van der Waals surface area contributed by atoms with Crippen LogP contribution in [0.2, 0.25) is 0 Å². The zero-order valence-corrected chi connectivity index (χ0v) is 9.98. The Bertz CT molecular complexity index is 344. The van der Waals surface area contributed by atoms with Crippen molar-refractivity contribution in [2.24, 2.45) is 0 Å². The first-order valence-corrected chi connectivity index (χ1v) is 5.72. The molecule has 6 nitrogen and oxygen atoms in total. The number of carbonyl (C=O) groups excluding carboxylic acids is 1. The van der Waals surface area contributed by atoms with Crippen LogP contribution in [0.3, 0.4) is 0 Å². The lowest BCUT2D eigenvalue weighted by Crippen LogP contribution is -2.51. The molecule has 0 saturated heterocycles. The fourth-order valence-electron chi connectivity index (χ4n) is 1.56. The second kappa shape index (κ2) is 6.09. The average Bonchev–Trinajstić information content (AvgIpc) is 3.07. The maximum atomic E-state index is 12.3. The van der Waals surface area contributed by atoms with Gasteiger partial charge in [-0.2, -0.15) is 13.2 Å². The van der Waals surface area contributed by atoms with Crippen molar-refractivity contribution in [2.75, 3.05) is 13.2 Å². The molecule has 0 bridgehead atoms. The number of nitrogens with one attached hydrogen (secondary N) is 1. The van der Waals surface area contributed by atoms with E-state index in [4.69, 9.17) is 10.2 Å². The van der Waals surface area contributed by atoms with Crippen molar-refractivity contribution in [3.63, 3.8) is 0 Å². The molecule has 1 atom stereocenters. The Kier molecular flexibility index (Phi) is 4.98.